The third kappa shape index (κ3) is 8.90. The molecule has 0 bridgehead atoms. The number of hydrogen-bond acceptors (Lipinski definition) is 8. The molecule has 0 aliphatic heterocycles. The van der Waals surface area contributed by atoms with Crippen molar-refractivity contribution in [2.24, 2.45) is 11.8 Å². The third-order valence-corrected chi connectivity index (χ3v) is 8.69. The van der Waals surface area contributed by atoms with Crippen LogP contribution in [0.3, 0.4) is 0 Å². The molecule has 4 rings (SSSR count). The lowest BCUT2D eigenvalue weighted by Crippen LogP contribution is -2.35. The van der Waals surface area contributed by atoms with Gasteiger partial charge in [-0.15, -0.1) is 0 Å². The molecule has 4 N–H and O–H groups in total. The fourth-order valence-corrected chi connectivity index (χ4v) is 6.35. The molecule has 1 saturated carbocycles. The summed E-state index contributed by atoms with van der Waals surface area (Å²) in [4.78, 5) is 21.6. The van der Waals surface area contributed by atoms with Crippen LogP contribution in [-0.2, 0) is 14.8 Å². The van der Waals surface area contributed by atoms with Crippen LogP contribution in [0.1, 0.15) is 52.0 Å². The highest BCUT2D eigenvalue weighted by Crippen LogP contribution is 2.29. The molecule has 0 unspecified atom stereocenters. The zero-order valence-electron chi connectivity index (χ0n) is 24.7. The van der Waals surface area contributed by atoms with Gasteiger partial charge in [0, 0.05) is 31.6 Å². The predicted octanol–water partition coefficient (Wildman–Crippen LogP) is 5.41. The number of ether oxygens (including phenoxy) is 1. The van der Waals surface area contributed by atoms with Gasteiger partial charge in [0.1, 0.15) is 11.4 Å². The highest BCUT2D eigenvalue weighted by Gasteiger charge is 2.24. The van der Waals surface area contributed by atoms with Gasteiger partial charge in [-0.2, -0.15) is 4.98 Å². The molecule has 0 radical (unpaired) electrons. The van der Waals surface area contributed by atoms with Gasteiger partial charge in [0.2, 0.25) is 16.0 Å². The lowest BCUT2D eigenvalue weighted by Gasteiger charge is -2.28. The average Bonchev–Trinajstić information content (AvgIpc) is 2.96. The lowest BCUT2D eigenvalue weighted by atomic mass is 9.82. The van der Waals surface area contributed by atoms with Crippen LogP contribution >= 0.6 is 0 Å². The first-order chi connectivity index (χ1) is 20.0. The van der Waals surface area contributed by atoms with Gasteiger partial charge < -0.3 is 20.7 Å². The van der Waals surface area contributed by atoms with Crippen molar-refractivity contribution in [2.45, 2.75) is 57.0 Å². The molecule has 1 fully saturated rings. The van der Waals surface area contributed by atoms with Gasteiger partial charge in [-0.1, -0.05) is 43.0 Å². The normalized spacial score (nSPS) is 17.4. The molecule has 0 saturated heterocycles. The Morgan fingerprint density at radius 1 is 0.952 bits per heavy atom. The molecule has 0 atom stereocenters. The minimum absolute atomic E-state index is 0.265. The fourth-order valence-electron chi connectivity index (χ4n) is 5.02. The van der Waals surface area contributed by atoms with E-state index in [-0.39, 0.29) is 4.90 Å². The minimum Gasteiger partial charge on any atom is -0.444 e. The summed E-state index contributed by atoms with van der Waals surface area (Å²) in [5.41, 5.74) is 0.883. The number of benzene rings is 2. The molecule has 1 aromatic heterocycles. The molecule has 1 aliphatic rings. The summed E-state index contributed by atoms with van der Waals surface area (Å²) < 4.78 is 33.8. The Hall–Kier alpha value is -3.70. The Kier molecular flexibility index (Phi) is 10.4. The van der Waals surface area contributed by atoms with Gasteiger partial charge in [0.05, 0.1) is 10.4 Å². The fraction of sp³-hybridized carbons (Fsp3) is 0.452. The number of carbonyl (C=O) groups excluding carboxylic acids is 1. The number of rotatable bonds is 12. The number of nitrogens with one attached hydrogen (secondary N) is 4. The Morgan fingerprint density at radius 2 is 1.62 bits per heavy atom. The van der Waals surface area contributed by atoms with E-state index >= 15 is 0 Å². The van der Waals surface area contributed by atoms with E-state index in [0.717, 1.165) is 43.1 Å². The van der Waals surface area contributed by atoms with Gasteiger partial charge in [0.15, 0.2) is 0 Å². The smallest absolute Gasteiger partial charge is 0.407 e. The summed E-state index contributed by atoms with van der Waals surface area (Å²) >= 11 is 0. The predicted molar refractivity (Wildman–Crippen MR) is 168 cm³/mol. The molecule has 42 heavy (non-hydrogen) atoms. The van der Waals surface area contributed by atoms with Crippen LogP contribution in [0.15, 0.2) is 60.0 Å². The van der Waals surface area contributed by atoms with Gasteiger partial charge in [-0.05, 0) is 82.1 Å². The Morgan fingerprint density at radius 3 is 2.33 bits per heavy atom. The third-order valence-electron chi connectivity index (χ3n) is 7.19. The van der Waals surface area contributed by atoms with Crippen molar-refractivity contribution in [1.82, 2.24) is 20.0 Å². The number of fused-ring (bicyclic) bond motifs is 1. The second kappa shape index (κ2) is 14.0. The first kappa shape index (κ1) is 31.2. The number of anilines is 2. The van der Waals surface area contributed by atoms with Gasteiger partial charge in [-0.25, -0.2) is 22.9 Å². The van der Waals surface area contributed by atoms with Crippen molar-refractivity contribution in [3.8, 4) is 0 Å². The number of nitrogens with zero attached hydrogens (tertiary/aromatic N) is 2. The van der Waals surface area contributed by atoms with E-state index < -0.39 is 21.7 Å². The molecule has 0 spiro atoms. The Labute approximate surface area is 248 Å². The maximum Gasteiger partial charge on any atom is 0.407 e. The van der Waals surface area contributed by atoms with Crippen molar-refractivity contribution < 1.29 is 17.9 Å². The SMILES string of the molecule is C=Cc1ccccc1S(=O)(=O)NC[C@H]1CC[C@H](CNc2nc(NCCNC(=O)OC(C)(C)C)c3ccccc3n2)CC1. The largest absolute Gasteiger partial charge is 0.444 e. The standard InChI is InChI=1S/C31H42N6O4S/c1-5-24-10-6-9-13-27(24)42(39,40)35-21-23-16-14-22(15-17-23)20-34-29-36-26-12-8-7-11-25(26)28(37-29)32-18-19-33-30(38)41-31(2,3)4/h5-13,22-23,35H,1,14-21H2,2-4H3,(H,33,38)(H2,32,34,36,37)/t22-,23-. The van der Waals surface area contributed by atoms with Crippen LogP contribution in [0.25, 0.3) is 17.0 Å². The maximum atomic E-state index is 12.8. The van der Waals surface area contributed by atoms with Crippen molar-refractivity contribution in [1.29, 1.82) is 0 Å². The van der Waals surface area contributed by atoms with Crippen molar-refractivity contribution >= 4 is 44.9 Å². The average molecular weight is 595 g/mol. The summed E-state index contributed by atoms with van der Waals surface area (Å²) in [6.07, 6.45) is 5.01. The molecule has 1 aliphatic carbocycles. The van der Waals surface area contributed by atoms with Gasteiger partial charge in [0.25, 0.3) is 0 Å². The van der Waals surface area contributed by atoms with Crippen molar-refractivity contribution in [2.75, 3.05) is 36.8 Å². The second-order valence-corrected chi connectivity index (χ2v) is 13.4. The topological polar surface area (TPSA) is 134 Å². The number of aromatic nitrogens is 2. The molecule has 11 heteroatoms. The van der Waals surface area contributed by atoms with E-state index in [1.807, 2.05) is 45.0 Å². The molecule has 226 valence electrons. The summed E-state index contributed by atoms with van der Waals surface area (Å²) in [5, 5.41) is 10.4. The molecule has 2 aromatic carbocycles. The molecule has 1 heterocycles. The molecular weight excluding hydrogens is 552 g/mol. The van der Waals surface area contributed by atoms with Crippen LogP contribution in [-0.4, -0.2) is 56.3 Å². The van der Waals surface area contributed by atoms with Crippen LogP contribution in [0, 0.1) is 11.8 Å². The second-order valence-electron chi connectivity index (χ2n) is 11.6. The highest BCUT2D eigenvalue weighted by atomic mass is 32.2. The van der Waals surface area contributed by atoms with E-state index in [1.165, 1.54) is 0 Å². The van der Waals surface area contributed by atoms with Gasteiger partial charge in [-0.3, -0.25) is 0 Å². The number of para-hydroxylation sites is 1. The maximum absolute atomic E-state index is 12.8. The van der Waals surface area contributed by atoms with Crippen molar-refractivity contribution in [3.05, 3.63) is 60.7 Å². The Balaban J connectivity index is 1.26. The van der Waals surface area contributed by atoms with Crippen molar-refractivity contribution in [3.63, 3.8) is 0 Å². The van der Waals surface area contributed by atoms with E-state index in [0.29, 0.717) is 48.8 Å². The van der Waals surface area contributed by atoms with Gasteiger partial charge >= 0.3 is 6.09 Å². The molecule has 3 aromatic rings. The zero-order valence-corrected chi connectivity index (χ0v) is 25.5. The van der Waals surface area contributed by atoms with E-state index in [9.17, 15) is 13.2 Å². The lowest BCUT2D eigenvalue weighted by molar-refractivity contribution is 0.0530. The monoisotopic (exact) mass is 594 g/mol. The summed E-state index contributed by atoms with van der Waals surface area (Å²) in [5.74, 6) is 1.99. The summed E-state index contributed by atoms with van der Waals surface area (Å²) in [6.45, 7) is 11.2. The minimum atomic E-state index is -3.59. The number of carbonyl (C=O) groups is 1. The van der Waals surface area contributed by atoms with E-state index in [4.69, 9.17) is 14.7 Å². The van der Waals surface area contributed by atoms with E-state index in [2.05, 4.69) is 27.3 Å². The first-order valence-corrected chi connectivity index (χ1v) is 15.9. The number of hydrogen-bond donors (Lipinski definition) is 4. The van der Waals surface area contributed by atoms with E-state index in [1.54, 1.807) is 30.3 Å². The number of alkyl carbamates (subject to hydrolysis) is 1. The summed E-state index contributed by atoms with van der Waals surface area (Å²) in [7, 11) is -3.59. The number of sulfonamides is 1. The molecule has 10 nitrogen and oxygen atoms in total. The zero-order chi connectivity index (χ0) is 30.2. The van der Waals surface area contributed by atoms with Crippen LogP contribution < -0.4 is 20.7 Å². The quantitative estimate of drug-likeness (QED) is 0.205. The first-order valence-electron chi connectivity index (χ1n) is 14.5. The summed E-state index contributed by atoms with van der Waals surface area (Å²) in [6, 6.07) is 14.7. The van der Waals surface area contributed by atoms with Crippen LogP contribution in [0.5, 0.6) is 0 Å². The highest BCUT2D eigenvalue weighted by molar-refractivity contribution is 7.89. The molecule has 1 amide bonds. The molecular formula is C31H42N6O4S. The Bertz CT molecular complexity index is 1480. The van der Waals surface area contributed by atoms with Crippen LogP contribution in [0.2, 0.25) is 0 Å². The number of amides is 1. The van der Waals surface area contributed by atoms with Crippen LogP contribution in [0.4, 0.5) is 16.6 Å².